The molecule has 0 spiro atoms. The van der Waals surface area contributed by atoms with Crippen molar-refractivity contribution in [2.24, 2.45) is 5.92 Å². The molecule has 1 aliphatic rings. The first-order chi connectivity index (χ1) is 16.2. The minimum Gasteiger partial charge on any atom is -0.493 e. The van der Waals surface area contributed by atoms with Gasteiger partial charge in [0.2, 0.25) is 0 Å². The van der Waals surface area contributed by atoms with Gasteiger partial charge in [0.05, 0.1) is 18.2 Å². The summed E-state index contributed by atoms with van der Waals surface area (Å²) in [7, 11) is 0. The number of nitrogens with zero attached hydrogens (tertiary/aromatic N) is 1. The highest BCUT2D eigenvalue weighted by molar-refractivity contribution is 7.99. The fraction of sp³-hybridized carbons (Fsp3) is 0.400. The van der Waals surface area contributed by atoms with Gasteiger partial charge in [-0.3, -0.25) is 0 Å². The molecule has 5 nitrogen and oxygen atoms in total. The van der Waals surface area contributed by atoms with E-state index in [9.17, 15) is 13.2 Å². The molecule has 0 aromatic heterocycles. The lowest BCUT2D eigenvalue weighted by molar-refractivity contribution is -0.380. The SMILES string of the molecule is Cc1cc(SCC(C/C=C/C#N)COc2ccc(C(F)(F)F)cc2)ccc1OCC1OC(C)O1. The maximum absolute atomic E-state index is 12.7. The predicted octanol–water partition coefficient (Wildman–Crippen LogP) is 6.37. The molecule has 9 heteroatoms. The largest absolute Gasteiger partial charge is 0.493 e. The maximum atomic E-state index is 12.7. The second-order valence-corrected chi connectivity index (χ2v) is 8.88. The molecular formula is C25H26F3NO4S. The van der Waals surface area contributed by atoms with Crippen LogP contribution in [0.15, 0.2) is 59.5 Å². The number of ether oxygens (including phenoxy) is 4. The van der Waals surface area contributed by atoms with Crippen LogP contribution in [0.1, 0.15) is 24.5 Å². The monoisotopic (exact) mass is 493 g/mol. The Hall–Kier alpha value is -2.67. The summed E-state index contributed by atoms with van der Waals surface area (Å²) < 4.78 is 60.4. The summed E-state index contributed by atoms with van der Waals surface area (Å²) in [6.07, 6.45) is -1.10. The van der Waals surface area contributed by atoms with E-state index >= 15 is 0 Å². The molecule has 1 fully saturated rings. The molecule has 0 aliphatic carbocycles. The average molecular weight is 494 g/mol. The number of allylic oxidation sites excluding steroid dienone is 2. The molecule has 0 radical (unpaired) electrons. The first-order valence-corrected chi connectivity index (χ1v) is 11.7. The molecule has 1 aliphatic heterocycles. The third kappa shape index (κ3) is 7.97. The second kappa shape index (κ2) is 12.2. The van der Waals surface area contributed by atoms with Gasteiger partial charge in [-0.1, -0.05) is 6.08 Å². The summed E-state index contributed by atoms with van der Waals surface area (Å²) in [4.78, 5) is 1.05. The zero-order chi connectivity index (χ0) is 24.6. The van der Waals surface area contributed by atoms with E-state index in [2.05, 4.69) is 0 Å². The van der Waals surface area contributed by atoms with Crippen LogP contribution in [0, 0.1) is 24.2 Å². The van der Waals surface area contributed by atoms with Gasteiger partial charge in [0, 0.05) is 22.6 Å². The topological polar surface area (TPSA) is 60.7 Å². The van der Waals surface area contributed by atoms with Crippen molar-refractivity contribution >= 4 is 11.8 Å². The van der Waals surface area contributed by atoms with Gasteiger partial charge in [0.1, 0.15) is 18.1 Å². The summed E-state index contributed by atoms with van der Waals surface area (Å²) in [5, 5.41) is 8.76. The van der Waals surface area contributed by atoms with Gasteiger partial charge in [-0.15, -0.1) is 11.8 Å². The molecule has 2 aromatic rings. The van der Waals surface area contributed by atoms with Gasteiger partial charge in [-0.25, -0.2) is 0 Å². The number of aryl methyl sites for hydroxylation is 1. The van der Waals surface area contributed by atoms with E-state index in [1.54, 1.807) is 17.8 Å². The Morgan fingerprint density at radius 3 is 2.50 bits per heavy atom. The summed E-state index contributed by atoms with van der Waals surface area (Å²) in [6.45, 7) is 4.43. The molecule has 0 amide bonds. The van der Waals surface area contributed by atoms with E-state index in [1.807, 2.05) is 38.1 Å². The van der Waals surface area contributed by atoms with E-state index in [0.717, 1.165) is 28.3 Å². The molecule has 2 aromatic carbocycles. The molecule has 1 atom stereocenters. The van der Waals surface area contributed by atoms with E-state index in [4.69, 9.17) is 24.2 Å². The fourth-order valence-electron chi connectivity index (χ4n) is 3.21. The number of benzene rings is 2. The van der Waals surface area contributed by atoms with Crippen LogP contribution < -0.4 is 9.47 Å². The fourth-order valence-corrected chi connectivity index (χ4v) is 4.30. The number of alkyl halides is 3. The molecule has 0 N–H and O–H groups in total. The quantitative estimate of drug-likeness (QED) is 0.268. The molecule has 1 heterocycles. The Balaban J connectivity index is 1.53. The predicted molar refractivity (Wildman–Crippen MR) is 123 cm³/mol. The molecule has 0 bridgehead atoms. The lowest BCUT2D eigenvalue weighted by atomic mass is 10.1. The van der Waals surface area contributed by atoms with E-state index < -0.39 is 11.7 Å². The second-order valence-electron chi connectivity index (χ2n) is 7.79. The first-order valence-electron chi connectivity index (χ1n) is 10.8. The van der Waals surface area contributed by atoms with Crippen LogP contribution in [-0.2, 0) is 15.7 Å². The number of nitriles is 1. The summed E-state index contributed by atoms with van der Waals surface area (Å²) in [5.41, 5.74) is 0.272. The lowest BCUT2D eigenvalue weighted by Gasteiger charge is -2.33. The van der Waals surface area contributed by atoms with Crippen molar-refractivity contribution in [1.29, 1.82) is 5.26 Å². The van der Waals surface area contributed by atoms with E-state index in [0.29, 0.717) is 31.1 Å². The van der Waals surface area contributed by atoms with Crippen LogP contribution in [0.4, 0.5) is 13.2 Å². The normalized spacial score (nSPS) is 18.8. The summed E-state index contributed by atoms with van der Waals surface area (Å²) in [6, 6.07) is 12.5. The maximum Gasteiger partial charge on any atom is 0.416 e. The van der Waals surface area contributed by atoms with Crippen molar-refractivity contribution in [2.45, 2.75) is 43.9 Å². The number of hydrogen-bond acceptors (Lipinski definition) is 6. The highest BCUT2D eigenvalue weighted by Crippen LogP contribution is 2.31. The minimum atomic E-state index is -4.38. The smallest absolute Gasteiger partial charge is 0.416 e. The summed E-state index contributed by atoms with van der Waals surface area (Å²) in [5.74, 6) is 1.90. The standard InChI is InChI=1S/C25H26F3NO4S/c1-17-13-22(10-11-23(17)31-15-24-32-18(2)33-24)34-16-19(5-3-4-12-29)14-30-21-8-6-20(7-9-21)25(26,27)28/h3-4,6-11,13,18-19,24H,5,14-16H2,1-2H3/b4-3+. The molecular weight excluding hydrogens is 467 g/mol. The van der Waals surface area contributed by atoms with Crippen LogP contribution in [0.5, 0.6) is 11.5 Å². The minimum absolute atomic E-state index is 0.0584. The van der Waals surface area contributed by atoms with Crippen LogP contribution in [0.3, 0.4) is 0 Å². The number of rotatable bonds is 11. The highest BCUT2D eigenvalue weighted by Gasteiger charge is 2.30. The first kappa shape index (κ1) is 25.9. The third-order valence-corrected chi connectivity index (χ3v) is 6.25. The van der Waals surface area contributed by atoms with Crippen LogP contribution in [0.2, 0.25) is 0 Å². The molecule has 182 valence electrons. The summed E-state index contributed by atoms with van der Waals surface area (Å²) >= 11 is 1.64. The van der Waals surface area contributed by atoms with Gasteiger partial charge < -0.3 is 18.9 Å². The van der Waals surface area contributed by atoms with E-state index in [-0.39, 0.29) is 18.5 Å². The van der Waals surface area contributed by atoms with Gasteiger partial charge in [0.15, 0.2) is 12.6 Å². The van der Waals surface area contributed by atoms with Crippen LogP contribution in [0.25, 0.3) is 0 Å². The van der Waals surface area contributed by atoms with Gasteiger partial charge in [-0.2, -0.15) is 18.4 Å². The Labute approximate surface area is 201 Å². The van der Waals surface area contributed by atoms with Crippen LogP contribution in [-0.4, -0.2) is 31.5 Å². The Morgan fingerprint density at radius 1 is 1.15 bits per heavy atom. The van der Waals surface area contributed by atoms with Crippen molar-refractivity contribution in [3.05, 3.63) is 65.7 Å². The molecule has 3 rings (SSSR count). The van der Waals surface area contributed by atoms with E-state index in [1.165, 1.54) is 18.2 Å². The average Bonchev–Trinajstić information content (AvgIpc) is 2.78. The van der Waals surface area contributed by atoms with Crippen molar-refractivity contribution in [1.82, 2.24) is 0 Å². The number of hydrogen-bond donors (Lipinski definition) is 0. The Morgan fingerprint density at radius 2 is 1.88 bits per heavy atom. The van der Waals surface area contributed by atoms with Crippen molar-refractivity contribution in [2.75, 3.05) is 19.0 Å². The van der Waals surface area contributed by atoms with Crippen molar-refractivity contribution < 1.29 is 32.1 Å². The Bertz CT molecular complexity index is 999. The Kier molecular flexibility index (Phi) is 9.28. The van der Waals surface area contributed by atoms with Crippen LogP contribution >= 0.6 is 11.8 Å². The molecule has 0 saturated carbocycles. The van der Waals surface area contributed by atoms with Crippen molar-refractivity contribution in [3.8, 4) is 17.6 Å². The zero-order valence-electron chi connectivity index (χ0n) is 18.9. The van der Waals surface area contributed by atoms with Gasteiger partial charge in [-0.05, 0) is 68.3 Å². The number of thioether (sulfide) groups is 1. The van der Waals surface area contributed by atoms with Gasteiger partial charge >= 0.3 is 6.18 Å². The molecule has 1 saturated heterocycles. The molecule has 1 unspecified atom stereocenters. The zero-order valence-corrected chi connectivity index (χ0v) is 19.7. The van der Waals surface area contributed by atoms with Crippen molar-refractivity contribution in [3.63, 3.8) is 0 Å². The number of halogens is 3. The molecule has 34 heavy (non-hydrogen) atoms. The van der Waals surface area contributed by atoms with Gasteiger partial charge in [0.25, 0.3) is 0 Å². The highest BCUT2D eigenvalue weighted by atomic mass is 32.2. The lowest BCUT2D eigenvalue weighted by Crippen LogP contribution is -2.42. The third-order valence-electron chi connectivity index (χ3n) is 5.02.